The van der Waals surface area contributed by atoms with Crippen molar-refractivity contribution in [3.05, 3.63) is 57.9 Å². The van der Waals surface area contributed by atoms with Gasteiger partial charge in [-0.1, -0.05) is 43.2 Å². The van der Waals surface area contributed by atoms with E-state index in [4.69, 9.17) is 9.47 Å². The average Bonchev–Trinajstić information content (AvgIpc) is 2.79. The molecule has 6 heteroatoms. The maximum absolute atomic E-state index is 13.7. The van der Waals surface area contributed by atoms with E-state index in [1.807, 2.05) is 45.0 Å². The number of hydrogen-bond acceptors (Lipinski definition) is 6. The molecule has 0 amide bonds. The highest BCUT2D eigenvalue weighted by Gasteiger charge is 2.47. The molecule has 1 saturated carbocycles. The fourth-order valence-electron chi connectivity index (χ4n) is 5.44. The first kappa shape index (κ1) is 23.3. The van der Waals surface area contributed by atoms with Crippen molar-refractivity contribution in [1.82, 2.24) is 5.32 Å². The lowest BCUT2D eigenvalue weighted by Gasteiger charge is -2.38. The quantitative estimate of drug-likeness (QED) is 0.537. The Balaban J connectivity index is 1.77. The molecule has 4 rings (SSSR count). The van der Waals surface area contributed by atoms with Crippen LogP contribution in [0.15, 0.2) is 46.8 Å². The number of rotatable bonds is 4. The molecule has 2 aliphatic carbocycles. The minimum atomic E-state index is -0.877. The number of aryl methyl sites for hydroxylation is 1. The maximum atomic E-state index is 13.7. The Morgan fingerprint density at radius 1 is 1.03 bits per heavy atom. The molecular formula is C27H33NO5. The fourth-order valence-corrected chi connectivity index (χ4v) is 5.44. The zero-order valence-corrected chi connectivity index (χ0v) is 19.9. The van der Waals surface area contributed by atoms with Crippen LogP contribution in [-0.2, 0) is 23.9 Å². The summed E-state index contributed by atoms with van der Waals surface area (Å²) in [5.41, 5.74) is 4.35. The normalized spacial score (nSPS) is 25.9. The van der Waals surface area contributed by atoms with E-state index < -0.39 is 17.8 Å². The second kappa shape index (κ2) is 9.54. The first-order valence-corrected chi connectivity index (χ1v) is 11.9. The van der Waals surface area contributed by atoms with Gasteiger partial charge >= 0.3 is 11.9 Å². The lowest BCUT2D eigenvalue weighted by molar-refractivity contribution is -0.151. The highest BCUT2D eigenvalue weighted by atomic mass is 16.5. The zero-order chi connectivity index (χ0) is 23.7. The second-order valence-electron chi connectivity index (χ2n) is 9.61. The molecule has 6 nitrogen and oxygen atoms in total. The van der Waals surface area contributed by atoms with E-state index in [1.165, 1.54) is 13.5 Å². The van der Waals surface area contributed by atoms with Gasteiger partial charge in [0.05, 0.1) is 12.7 Å². The lowest BCUT2D eigenvalue weighted by Crippen LogP contribution is -2.43. The molecule has 0 unspecified atom stereocenters. The van der Waals surface area contributed by atoms with Crippen molar-refractivity contribution in [3.63, 3.8) is 0 Å². The van der Waals surface area contributed by atoms with Crippen LogP contribution < -0.4 is 5.32 Å². The number of ketones is 1. The van der Waals surface area contributed by atoms with E-state index in [0.717, 1.165) is 42.5 Å². The first-order chi connectivity index (χ1) is 15.8. The highest BCUT2D eigenvalue weighted by Crippen LogP contribution is 2.45. The van der Waals surface area contributed by atoms with Crippen molar-refractivity contribution < 1.29 is 23.9 Å². The van der Waals surface area contributed by atoms with Gasteiger partial charge in [0, 0.05) is 22.9 Å². The van der Waals surface area contributed by atoms with Crippen LogP contribution in [0.25, 0.3) is 0 Å². The van der Waals surface area contributed by atoms with E-state index >= 15 is 0 Å². The third-order valence-corrected chi connectivity index (χ3v) is 7.20. The van der Waals surface area contributed by atoms with Crippen LogP contribution in [0.1, 0.15) is 69.4 Å². The summed E-state index contributed by atoms with van der Waals surface area (Å²) in [6.45, 7) is 5.75. The smallest absolute Gasteiger partial charge is 0.337 e. The number of esters is 2. The number of Topliss-reactive ketones (excluding diaryl/α,β-unsaturated/α-hetero) is 1. The van der Waals surface area contributed by atoms with Crippen LogP contribution in [0.2, 0.25) is 0 Å². The number of hydrogen-bond donors (Lipinski definition) is 1. The number of benzene rings is 1. The summed E-state index contributed by atoms with van der Waals surface area (Å²) in [6.07, 6.45) is 5.47. The molecule has 0 saturated heterocycles. The number of carbonyl (C=O) groups excluding carboxylic acids is 3. The molecule has 33 heavy (non-hydrogen) atoms. The Hall–Kier alpha value is -2.89. The van der Waals surface area contributed by atoms with Crippen LogP contribution in [0.3, 0.4) is 0 Å². The largest absolute Gasteiger partial charge is 0.468 e. The second-order valence-corrected chi connectivity index (χ2v) is 9.61. The summed E-state index contributed by atoms with van der Waals surface area (Å²) in [4.78, 5) is 39.7. The molecule has 1 aliphatic heterocycles. The average molecular weight is 452 g/mol. The molecule has 0 bridgehead atoms. The predicted octanol–water partition coefficient (Wildman–Crippen LogP) is 4.48. The van der Waals surface area contributed by atoms with E-state index in [-0.39, 0.29) is 23.8 Å². The number of dihydropyridines is 1. The van der Waals surface area contributed by atoms with Gasteiger partial charge in [0.2, 0.25) is 0 Å². The standard InChI is InChI=1S/C27H33NO5/c1-15-10-12-18(13-11-15)23-22(27(31)33-19-8-6-5-7-9-19)17(3)28-20-14-16(2)21(26(30)32-4)25(29)24(20)23/h10-13,16,19,21,23,28H,5-9,14H2,1-4H3/t16-,21-,23-/m0/s1. The third-order valence-electron chi connectivity index (χ3n) is 7.20. The van der Waals surface area contributed by atoms with Gasteiger partial charge in [-0.15, -0.1) is 0 Å². The highest BCUT2D eigenvalue weighted by molar-refractivity contribution is 6.12. The fraction of sp³-hybridized carbons (Fsp3) is 0.519. The van der Waals surface area contributed by atoms with Crippen molar-refractivity contribution in [1.29, 1.82) is 0 Å². The molecule has 3 aliphatic rings. The predicted molar refractivity (Wildman–Crippen MR) is 124 cm³/mol. The van der Waals surface area contributed by atoms with Gasteiger partial charge < -0.3 is 14.8 Å². The molecule has 3 atom stereocenters. The Kier molecular flexibility index (Phi) is 6.73. The summed E-state index contributed by atoms with van der Waals surface area (Å²) in [5.74, 6) is -2.84. The SMILES string of the molecule is COC(=O)[C@@H]1C(=O)C2=C(C[C@@H]1C)NC(C)=C(C(=O)OC1CCCCC1)[C@@H]2c1ccc(C)cc1. The van der Waals surface area contributed by atoms with Crippen LogP contribution in [0.5, 0.6) is 0 Å². The molecule has 1 aromatic carbocycles. The van der Waals surface area contributed by atoms with Gasteiger partial charge in [-0.3, -0.25) is 9.59 Å². The molecule has 1 aromatic rings. The minimum absolute atomic E-state index is 0.0921. The van der Waals surface area contributed by atoms with Gasteiger partial charge in [0.15, 0.2) is 5.78 Å². The van der Waals surface area contributed by atoms with Crippen LogP contribution in [0.4, 0.5) is 0 Å². The van der Waals surface area contributed by atoms with E-state index in [2.05, 4.69) is 5.32 Å². The molecule has 176 valence electrons. The van der Waals surface area contributed by atoms with Crippen molar-refractivity contribution in [2.45, 2.75) is 71.3 Å². The number of carbonyl (C=O) groups is 3. The van der Waals surface area contributed by atoms with Gasteiger partial charge in [-0.25, -0.2) is 4.79 Å². The molecule has 0 spiro atoms. The monoisotopic (exact) mass is 451 g/mol. The van der Waals surface area contributed by atoms with Gasteiger partial charge in [-0.05, 0) is 57.4 Å². The van der Waals surface area contributed by atoms with Crippen molar-refractivity contribution in [2.75, 3.05) is 7.11 Å². The number of nitrogens with one attached hydrogen (secondary N) is 1. The Bertz CT molecular complexity index is 1010. The van der Waals surface area contributed by atoms with Crippen molar-refractivity contribution in [3.8, 4) is 0 Å². The van der Waals surface area contributed by atoms with Gasteiger partial charge in [0.1, 0.15) is 12.0 Å². The molecule has 0 aromatic heterocycles. The number of allylic oxidation sites excluding steroid dienone is 3. The maximum Gasteiger partial charge on any atom is 0.337 e. The molecule has 1 heterocycles. The topological polar surface area (TPSA) is 81.7 Å². The summed E-state index contributed by atoms with van der Waals surface area (Å²) in [6, 6.07) is 7.86. The number of ether oxygens (including phenoxy) is 2. The van der Waals surface area contributed by atoms with Crippen LogP contribution >= 0.6 is 0 Å². The Labute approximate surface area is 195 Å². The van der Waals surface area contributed by atoms with Gasteiger partial charge in [-0.2, -0.15) is 0 Å². The van der Waals surface area contributed by atoms with Crippen LogP contribution in [-0.4, -0.2) is 30.9 Å². The van der Waals surface area contributed by atoms with E-state index in [1.54, 1.807) is 0 Å². The molecule has 1 N–H and O–H groups in total. The zero-order valence-electron chi connectivity index (χ0n) is 19.9. The summed E-state index contributed by atoms with van der Waals surface area (Å²) >= 11 is 0. The van der Waals surface area contributed by atoms with E-state index in [9.17, 15) is 14.4 Å². The first-order valence-electron chi connectivity index (χ1n) is 11.9. The van der Waals surface area contributed by atoms with Crippen molar-refractivity contribution in [2.24, 2.45) is 11.8 Å². The molecular weight excluding hydrogens is 418 g/mol. The number of methoxy groups -OCH3 is 1. The third kappa shape index (κ3) is 4.48. The van der Waals surface area contributed by atoms with Crippen LogP contribution in [0, 0.1) is 18.8 Å². The molecule has 1 fully saturated rings. The summed E-state index contributed by atoms with van der Waals surface area (Å²) in [5, 5.41) is 3.32. The van der Waals surface area contributed by atoms with E-state index in [0.29, 0.717) is 23.3 Å². The Morgan fingerprint density at radius 3 is 2.33 bits per heavy atom. The van der Waals surface area contributed by atoms with Crippen molar-refractivity contribution >= 4 is 17.7 Å². The minimum Gasteiger partial charge on any atom is -0.468 e. The summed E-state index contributed by atoms with van der Waals surface area (Å²) < 4.78 is 10.9. The molecule has 0 radical (unpaired) electrons. The lowest BCUT2D eigenvalue weighted by atomic mass is 9.69. The Morgan fingerprint density at radius 2 is 1.70 bits per heavy atom. The van der Waals surface area contributed by atoms with Gasteiger partial charge in [0.25, 0.3) is 0 Å². The summed E-state index contributed by atoms with van der Waals surface area (Å²) in [7, 11) is 1.31.